The van der Waals surface area contributed by atoms with Gasteiger partial charge < -0.3 is 4.57 Å². The maximum absolute atomic E-state index is 12.8. The van der Waals surface area contributed by atoms with E-state index in [1.54, 1.807) is 42.5 Å². The van der Waals surface area contributed by atoms with Gasteiger partial charge in [0.2, 0.25) is 0 Å². The van der Waals surface area contributed by atoms with Gasteiger partial charge in [0, 0.05) is 27.6 Å². The fourth-order valence-electron chi connectivity index (χ4n) is 2.76. The van der Waals surface area contributed by atoms with Crippen molar-refractivity contribution in [3.05, 3.63) is 87.5 Å². The molecule has 3 aromatic rings. The number of hydrogen-bond acceptors (Lipinski definition) is 3. The Labute approximate surface area is 170 Å². The predicted molar refractivity (Wildman–Crippen MR) is 111 cm³/mol. The van der Waals surface area contributed by atoms with Crippen LogP contribution < -0.4 is 4.90 Å². The predicted octanol–water partition coefficient (Wildman–Crippen LogP) is 6.03. The van der Waals surface area contributed by atoms with Crippen LogP contribution in [0.1, 0.15) is 5.69 Å². The van der Waals surface area contributed by atoms with Gasteiger partial charge in [-0.2, -0.15) is 0 Å². The first-order chi connectivity index (χ1) is 13.0. The molecule has 4 rings (SSSR count). The summed E-state index contributed by atoms with van der Waals surface area (Å²) in [6.45, 7) is 0. The third-order valence-electron chi connectivity index (χ3n) is 4.04. The molecule has 4 nitrogen and oxygen atoms in total. The smallest absolute Gasteiger partial charge is 0.298 e. The van der Waals surface area contributed by atoms with Gasteiger partial charge in [0.25, 0.3) is 11.1 Å². The Balaban J connectivity index is 1.67. The molecule has 1 aliphatic heterocycles. The van der Waals surface area contributed by atoms with Crippen molar-refractivity contribution >= 4 is 57.9 Å². The van der Waals surface area contributed by atoms with E-state index in [0.29, 0.717) is 20.6 Å². The molecule has 0 N–H and O–H groups in total. The molecule has 1 fully saturated rings. The fraction of sp³-hybridized carbons (Fsp3) is 0. The van der Waals surface area contributed by atoms with Crippen LogP contribution in [0, 0.1) is 0 Å². The lowest BCUT2D eigenvalue weighted by molar-refractivity contribution is -0.113. The van der Waals surface area contributed by atoms with Crippen molar-refractivity contribution in [1.82, 2.24) is 4.57 Å². The van der Waals surface area contributed by atoms with Gasteiger partial charge in [0.15, 0.2) is 0 Å². The summed E-state index contributed by atoms with van der Waals surface area (Å²) in [5, 5.41) is 0.858. The average molecular weight is 415 g/mol. The van der Waals surface area contributed by atoms with E-state index in [1.807, 2.05) is 35.0 Å². The molecule has 0 aliphatic carbocycles. The quantitative estimate of drug-likeness (QED) is 0.491. The lowest BCUT2D eigenvalue weighted by atomic mass is 10.2. The number of carbonyl (C=O) groups is 2. The molecule has 0 atom stereocenters. The molecule has 27 heavy (non-hydrogen) atoms. The van der Waals surface area contributed by atoms with E-state index in [4.69, 9.17) is 23.2 Å². The van der Waals surface area contributed by atoms with Crippen LogP contribution >= 0.6 is 35.0 Å². The minimum absolute atomic E-state index is 0.335. The topological polar surface area (TPSA) is 42.3 Å². The second-order valence-corrected chi connectivity index (χ2v) is 7.64. The fourth-order valence-corrected chi connectivity index (χ4v) is 3.84. The first kappa shape index (κ1) is 17.9. The van der Waals surface area contributed by atoms with Crippen molar-refractivity contribution < 1.29 is 9.59 Å². The maximum atomic E-state index is 12.8. The van der Waals surface area contributed by atoms with Gasteiger partial charge in [-0.1, -0.05) is 23.2 Å². The molecule has 1 saturated heterocycles. The van der Waals surface area contributed by atoms with Crippen LogP contribution in [0.25, 0.3) is 11.8 Å². The zero-order valence-corrected chi connectivity index (χ0v) is 16.1. The minimum Gasteiger partial charge on any atom is -0.317 e. The molecule has 134 valence electrons. The van der Waals surface area contributed by atoms with Gasteiger partial charge in [-0.15, -0.1) is 0 Å². The van der Waals surface area contributed by atoms with E-state index in [2.05, 4.69) is 0 Å². The highest BCUT2D eigenvalue weighted by atomic mass is 35.5. The second-order valence-electron chi connectivity index (χ2n) is 5.77. The summed E-state index contributed by atoms with van der Waals surface area (Å²) in [6.07, 6.45) is 3.61. The van der Waals surface area contributed by atoms with Crippen molar-refractivity contribution in [3.8, 4) is 5.69 Å². The van der Waals surface area contributed by atoms with E-state index in [0.717, 1.165) is 28.0 Å². The molecule has 7 heteroatoms. The van der Waals surface area contributed by atoms with E-state index in [-0.39, 0.29) is 11.1 Å². The van der Waals surface area contributed by atoms with Gasteiger partial charge >= 0.3 is 0 Å². The number of carbonyl (C=O) groups excluding carboxylic acids is 2. The summed E-state index contributed by atoms with van der Waals surface area (Å²) >= 11 is 12.7. The highest BCUT2D eigenvalue weighted by Crippen LogP contribution is 2.36. The monoisotopic (exact) mass is 414 g/mol. The van der Waals surface area contributed by atoms with Gasteiger partial charge in [-0.05, 0) is 78.5 Å². The average Bonchev–Trinajstić information content (AvgIpc) is 3.22. The number of anilines is 1. The third kappa shape index (κ3) is 3.54. The van der Waals surface area contributed by atoms with E-state index >= 15 is 0 Å². The molecule has 0 radical (unpaired) electrons. The molecule has 1 aliphatic rings. The van der Waals surface area contributed by atoms with Gasteiger partial charge in [-0.25, -0.2) is 4.90 Å². The number of amides is 2. The van der Waals surface area contributed by atoms with Crippen LogP contribution in [0.5, 0.6) is 0 Å². The summed E-state index contributed by atoms with van der Waals surface area (Å²) < 4.78 is 1.92. The molecular formula is C20H12Cl2N2O2S. The molecule has 1 aromatic heterocycles. The summed E-state index contributed by atoms with van der Waals surface area (Å²) in [5.41, 5.74) is 2.20. The van der Waals surface area contributed by atoms with Gasteiger partial charge in [0.05, 0.1) is 10.6 Å². The number of benzene rings is 2. The van der Waals surface area contributed by atoms with Crippen LogP contribution in [0.3, 0.4) is 0 Å². The second kappa shape index (κ2) is 7.27. The summed E-state index contributed by atoms with van der Waals surface area (Å²) in [7, 11) is 0. The Morgan fingerprint density at radius 1 is 0.815 bits per heavy atom. The number of thioether (sulfide) groups is 1. The Morgan fingerprint density at radius 2 is 1.41 bits per heavy atom. The standard InChI is InChI=1S/C20H12Cl2N2O2S/c21-13-3-7-15(8-4-13)23-11-1-2-17(23)12-18-19(25)24(20(26)27-18)16-9-5-14(22)6-10-16/h1-12H/b18-12+. The molecule has 2 amide bonds. The van der Waals surface area contributed by atoms with Crippen LogP contribution in [-0.2, 0) is 4.79 Å². The first-order valence-electron chi connectivity index (χ1n) is 8.00. The van der Waals surface area contributed by atoms with Crippen LogP contribution in [-0.4, -0.2) is 15.7 Å². The Kier molecular flexibility index (Phi) is 4.83. The lowest BCUT2D eigenvalue weighted by Gasteiger charge is -2.12. The number of nitrogens with zero attached hydrogens (tertiary/aromatic N) is 2. The minimum atomic E-state index is -0.351. The van der Waals surface area contributed by atoms with Crippen molar-refractivity contribution in [3.63, 3.8) is 0 Å². The van der Waals surface area contributed by atoms with Gasteiger partial charge in [0.1, 0.15) is 0 Å². The molecule has 0 saturated carbocycles. The highest BCUT2D eigenvalue weighted by Gasteiger charge is 2.36. The molecular weight excluding hydrogens is 403 g/mol. The Bertz CT molecular complexity index is 1060. The largest absolute Gasteiger partial charge is 0.317 e. The molecule has 2 aromatic carbocycles. The Morgan fingerprint density at radius 3 is 2.04 bits per heavy atom. The van der Waals surface area contributed by atoms with Crippen LogP contribution in [0.2, 0.25) is 10.0 Å². The summed E-state index contributed by atoms with van der Waals surface area (Å²) in [4.78, 5) is 26.7. The molecule has 0 bridgehead atoms. The molecule has 0 unspecified atom stereocenters. The molecule has 2 heterocycles. The summed E-state index contributed by atoms with van der Waals surface area (Å²) in [6, 6.07) is 17.7. The zero-order valence-electron chi connectivity index (χ0n) is 13.8. The normalized spacial score (nSPS) is 15.8. The van der Waals surface area contributed by atoms with Crippen molar-refractivity contribution in [2.24, 2.45) is 0 Å². The third-order valence-corrected chi connectivity index (χ3v) is 5.42. The zero-order chi connectivity index (χ0) is 19.0. The van der Waals surface area contributed by atoms with Crippen molar-refractivity contribution in [2.45, 2.75) is 0 Å². The number of aromatic nitrogens is 1. The van der Waals surface area contributed by atoms with Crippen molar-refractivity contribution in [2.75, 3.05) is 4.90 Å². The van der Waals surface area contributed by atoms with Crippen LogP contribution in [0.15, 0.2) is 71.8 Å². The summed E-state index contributed by atoms with van der Waals surface area (Å²) in [5.74, 6) is -0.351. The van der Waals surface area contributed by atoms with E-state index < -0.39 is 0 Å². The Hall–Kier alpha value is -2.47. The van der Waals surface area contributed by atoms with E-state index in [1.165, 1.54) is 0 Å². The number of halogens is 2. The van der Waals surface area contributed by atoms with E-state index in [9.17, 15) is 9.59 Å². The first-order valence-corrected chi connectivity index (χ1v) is 9.57. The maximum Gasteiger partial charge on any atom is 0.298 e. The SMILES string of the molecule is O=C1S/C(=C/c2cccn2-c2ccc(Cl)cc2)C(=O)N1c1ccc(Cl)cc1. The molecule has 0 spiro atoms. The van der Waals surface area contributed by atoms with Gasteiger partial charge in [-0.3, -0.25) is 9.59 Å². The number of imide groups is 1. The van der Waals surface area contributed by atoms with Crippen molar-refractivity contribution in [1.29, 1.82) is 0 Å². The van der Waals surface area contributed by atoms with Crippen LogP contribution in [0.4, 0.5) is 10.5 Å². The lowest BCUT2D eigenvalue weighted by Crippen LogP contribution is -2.27. The number of rotatable bonds is 3. The number of hydrogen-bond donors (Lipinski definition) is 0. The highest BCUT2D eigenvalue weighted by molar-refractivity contribution is 8.19.